The zero-order valence-electron chi connectivity index (χ0n) is 20.2. The van der Waals surface area contributed by atoms with Gasteiger partial charge in [-0.25, -0.2) is 0 Å². The molecule has 1 aliphatic heterocycles. The van der Waals surface area contributed by atoms with Gasteiger partial charge in [-0.15, -0.1) is 11.3 Å². The zero-order valence-corrected chi connectivity index (χ0v) is 21.0. The van der Waals surface area contributed by atoms with E-state index in [-0.39, 0.29) is 11.3 Å². The van der Waals surface area contributed by atoms with E-state index in [4.69, 9.17) is 4.74 Å². The standard InChI is InChI=1S/C28H30N2O4S/c1-19-7-4-8-20(17-19)18-34-22-12-10-21(11-13-22)26(31)24-25(23-9-5-16-35-23)30(28(33)27(24)32)15-6-14-29(2)3/h4-5,7-13,16-17,25,31H,6,14-15,18H2,1-3H3/b26-24+/t25-/m1/s1. The Hall–Kier alpha value is -3.42. The second-order valence-electron chi connectivity index (χ2n) is 8.97. The average Bonchev–Trinajstić information content (AvgIpc) is 3.45. The van der Waals surface area contributed by atoms with Gasteiger partial charge in [0, 0.05) is 17.0 Å². The number of hydrogen-bond donors (Lipinski definition) is 1. The van der Waals surface area contributed by atoms with Gasteiger partial charge >= 0.3 is 0 Å². The van der Waals surface area contributed by atoms with Crippen LogP contribution in [0.1, 0.15) is 34.0 Å². The van der Waals surface area contributed by atoms with Crippen LogP contribution in [0.15, 0.2) is 71.6 Å². The molecule has 182 valence electrons. The molecule has 1 amide bonds. The number of aliphatic hydroxyl groups is 1. The van der Waals surface area contributed by atoms with E-state index in [2.05, 4.69) is 6.07 Å². The number of nitrogens with zero attached hydrogens (tertiary/aromatic N) is 2. The van der Waals surface area contributed by atoms with Crippen molar-refractivity contribution in [1.82, 2.24) is 9.80 Å². The second-order valence-corrected chi connectivity index (χ2v) is 9.95. The molecule has 1 fully saturated rings. The van der Waals surface area contributed by atoms with Crippen LogP contribution in [-0.4, -0.2) is 53.8 Å². The van der Waals surface area contributed by atoms with Gasteiger partial charge in [0.15, 0.2) is 0 Å². The molecule has 0 bridgehead atoms. The smallest absolute Gasteiger partial charge is 0.295 e. The van der Waals surface area contributed by atoms with Crippen LogP contribution in [0.25, 0.3) is 5.76 Å². The average molecular weight is 491 g/mol. The number of Topliss-reactive ketones (excluding diaryl/α,β-unsaturated/α-hetero) is 1. The Morgan fingerprint density at radius 3 is 2.51 bits per heavy atom. The minimum Gasteiger partial charge on any atom is -0.507 e. The van der Waals surface area contributed by atoms with Gasteiger partial charge in [0.2, 0.25) is 0 Å². The number of rotatable bonds is 9. The fourth-order valence-electron chi connectivity index (χ4n) is 4.24. The predicted molar refractivity (Wildman–Crippen MR) is 138 cm³/mol. The highest BCUT2D eigenvalue weighted by Gasteiger charge is 2.46. The van der Waals surface area contributed by atoms with Crippen molar-refractivity contribution in [3.05, 3.63) is 93.2 Å². The first kappa shape index (κ1) is 24.7. The number of ketones is 1. The summed E-state index contributed by atoms with van der Waals surface area (Å²) in [6, 6.07) is 18.3. The maximum Gasteiger partial charge on any atom is 0.295 e. The van der Waals surface area contributed by atoms with Crippen LogP contribution in [0.2, 0.25) is 0 Å². The van der Waals surface area contributed by atoms with Gasteiger partial charge in [0.1, 0.15) is 18.1 Å². The Labute approximate surface area is 210 Å². The van der Waals surface area contributed by atoms with Crippen molar-refractivity contribution in [1.29, 1.82) is 0 Å². The number of likely N-dealkylation sites (tertiary alicyclic amines) is 1. The Morgan fingerprint density at radius 2 is 1.86 bits per heavy atom. The molecule has 2 aromatic carbocycles. The van der Waals surface area contributed by atoms with Crippen LogP contribution in [0, 0.1) is 6.92 Å². The van der Waals surface area contributed by atoms with E-state index in [0.29, 0.717) is 24.5 Å². The minimum absolute atomic E-state index is 0.135. The first-order chi connectivity index (χ1) is 16.8. The van der Waals surface area contributed by atoms with Crippen molar-refractivity contribution in [2.45, 2.75) is 26.0 Å². The van der Waals surface area contributed by atoms with Gasteiger partial charge in [0.05, 0.1) is 11.6 Å². The van der Waals surface area contributed by atoms with Gasteiger partial charge in [-0.1, -0.05) is 35.9 Å². The molecule has 35 heavy (non-hydrogen) atoms. The van der Waals surface area contributed by atoms with Crippen LogP contribution in [0.3, 0.4) is 0 Å². The number of carbonyl (C=O) groups excluding carboxylic acids is 2. The molecule has 1 N–H and O–H groups in total. The van der Waals surface area contributed by atoms with Gasteiger partial charge in [-0.2, -0.15) is 0 Å². The Morgan fingerprint density at radius 1 is 1.09 bits per heavy atom. The van der Waals surface area contributed by atoms with Crippen LogP contribution in [-0.2, 0) is 16.2 Å². The maximum atomic E-state index is 13.0. The molecule has 0 unspecified atom stereocenters. The van der Waals surface area contributed by atoms with Gasteiger partial charge < -0.3 is 19.6 Å². The normalized spacial score (nSPS) is 17.4. The second kappa shape index (κ2) is 10.9. The fourth-order valence-corrected chi connectivity index (χ4v) is 5.09. The summed E-state index contributed by atoms with van der Waals surface area (Å²) in [7, 11) is 3.94. The lowest BCUT2D eigenvalue weighted by atomic mass is 10.00. The maximum absolute atomic E-state index is 13.0. The van der Waals surface area contributed by atoms with E-state index < -0.39 is 17.7 Å². The van der Waals surface area contributed by atoms with E-state index >= 15 is 0 Å². The third-order valence-electron chi connectivity index (χ3n) is 5.97. The van der Waals surface area contributed by atoms with Crippen LogP contribution >= 0.6 is 11.3 Å². The SMILES string of the molecule is Cc1cccc(COc2ccc(/C(O)=C3\C(=O)C(=O)N(CCCN(C)C)[C@@H]3c3cccs3)cc2)c1. The third-order valence-corrected chi connectivity index (χ3v) is 6.90. The lowest BCUT2D eigenvalue weighted by molar-refractivity contribution is -0.139. The molecule has 3 aromatic rings. The van der Waals surface area contributed by atoms with Crippen molar-refractivity contribution >= 4 is 28.8 Å². The van der Waals surface area contributed by atoms with Gasteiger partial charge in [0.25, 0.3) is 11.7 Å². The number of thiophene rings is 1. The first-order valence-electron chi connectivity index (χ1n) is 11.6. The van der Waals surface area contributed by atoms with Gasteiger partial charge in [-0.3, -0.25) is 9.59 Å². The third kappa shape index (κ3) is 5.63. The molecule has 1 saturated heterocycles. The van der Waals surface area contributed by atoms with E-state index in [1.54, 1.807) is 29.2 Å². The number of benzene rings is 2. The lowest BCUT2D eigenvalue weighted by Crippen LogP contribution is -2.32. The van der Waals surface area contributed by atoms with Crippen molar-refractivity contribution in [2.75, 3.05) is 27.2 Å². The van der Waals surface area contributed by atoms with Crippen LogP contribution < -0.4 is 4.74 Å². The number of amides is 1. The Kier molecular flexibility index (Phi) is 7.68. The first-order valence-corrected chi connectivity index (χ1v) is 12.5. The zero-order chi connectivity index (χ0) is 24.9. The number of aliphatic hydroxyl groups excluding tert-OH is 1. The summed E-state index contributed by atoms with van der Waals surface area (Å²) in [5.74, 6) is -0.726. The van der Waals surface area contributed by atoms with Crippen molar-refractivity contribution < 1.29 is 19.4 Å². The van der Waals surface area contributed by atoms with E-state index in [9.17, 15) is 14.7 Å². The topological polar surface area (TPSA) is 70.1 Å². The lowest BCUT2D eigenvalue weighted by Gasteiger charge is -2.24. The summed E-state index contributed by atoms with van der Waals surface area (Å²) in [5, 5.41) is 13.1. The fraction of sp³-hybridized carbons (Fsp3) is 0.286. The predicted octanol–water partition coefficient (Wildman–Crippen LogP) is 5.01. The highest BCUT2D eigenvalue weighted by atomic mass is 32.1. The van der Waals surface area contributed by atoms with Crippen molar-refractivity contribution in [3.8, 4) is 5.75 Å². The molecule has 1 aromatic heterocycles. The molecule has 1 atom stereocenters. The summed E-state index contributed by atoms with van der Waals surface area (Å²) in [5.41, 5.74) is 2.85. The molecule has 0 spiro atoms. The van der Waals surface area contributed by atoms with E-state index in [0.717, 1.165) is 23.4 Å². The molecular weight excluding hydrogens is 460 g/mol. The summed E-state index contributed by atoms with van der Waals surface area (Å²) in [6.45, 7) is 3.71. The monoisotopic (exact) mass is 490 g/mol. The van der Waals surface area contributed by atoms with Gasteiger partial charge in [-0.05, 0) is 75.3 Å². The Balaban J connectivity index is 1.58. The number of aryl methyl sites for hydroxylation is 1. The van der Waals surface area contributed by atoms with Crippen LogP contribution in [0.4, 0.5) is 0 Å². The minimum atomic E-state index is -0.648. The molecule has 0 saturated carbocycles. The highest BCUT2D eigenvalue weighted by Crippen LogP contribution is 2.41. The summed E-state index contributed by atoms with van der Waals surface area (Å²) >= 11 is 1.47. The highest BCUT2D eigenvalue weighted by molar-refractivity contribution is 7.10. The molecular formula is C28H30N2O4S. The molecule has 2 heterocycles. The van der Waals surface area contributed by atoms with E-state index in [1.807, 2.05) is 61.6 Å². The molecule has 4 rings (SSSR count). The summed E-state index contributed by atoms with van der Waals surface area (Å²) in [4.78, 5) is 30.5. The molecule has 6 nitrogen and oxygen atoms in total. The molecule has 7 heteroatoms. The summed E-state index contributed by atoms with van der Waals surface area (Å²) in [6.07, 6.45) is 0.731. The Bertz CT molecular complexity index is 1220. The number of hydrogen-bond acceptors (Lipinski definition) is 6. The van der Waals surface area contributed by atoms with Crippen molar-refractivity contribution in [2.24, 2.45) is 0 Å². The van der Waals surface area contributed by atoms with Crippen LogP contribution in [0.5, 0.6) is 5.75 Å². The quantitative estimate of drug-likeness (QED) is 0.259. The molecule has 1 aliphatic rings. The molecule has 0 aliphatic carbocycles. The molecule has 0 radical (unpaired) electrons. The van der Waals surface area contributed by atoms with Crippen molar-refractivity contribution in [3.63, 3.8) is 0 Å². The number of ether oxygens (including phenoxy) is 1. The summed E-state index contributed by atoms with van der Waals surface area (Å²) < 4.78 is 5.88. The number of carbonyl (C=O) groups is 2. The largest absolute Gasteiger partial charge is 0.507 e. The van der Waals surface area contributed by atoms with E-state index in [1.165, 1.54) is 16.9 Å².